The highest BCUT2D eigenvalue weighted by atomic mass is 16.6. The second kappa shape index (κ2) is 7.46. The monoisotopic (exact) mass is 368 g/mol. The van der Waals surface area contributed by atoms with Crippen LogP contribution in [-0.4, -0.2) is 39.1 Å². The maximum Gasteiger partial charge on any atom is 0.405 e. The second-order valence-electron chi connectivity index (χ2n) is 6.26. The molecule has 3 aromatic rings. The van der Waals surface area contributed by atoms with Gasteiger partial charge in [0.1, 0.15) is 0 Å². The molecule has 2 atom stereocenters. The van der Waals surface area contributed by atoms with Crippen molar-refractivity contribution in [3.8, 4) is 5.69 Å². The fraction of sp³-hybridized carbons (Fsp3) is 0.211. The normalized spacial score (nSPS) is 13.1. The number of carbonyl (C=O) groups excluding carboxylic acids is 2. The van der Waals surface area contributed by atoms with Crippen molar-refractivity contribution >= 4 is 28.6 Å². The standard InChI is InChI=1S/C19H20N4O4/c1-11-4-3-5-15(8-11)23-16-9-14(7-6-13(16)10-21-23)22-18(25)17(12(2)24)27-19(20)26/h3-10,12,17,24H,1-2H3,(H2,20,26)(H,22,25). The van der Waals surface area contributed by atoms with E-state index in [0.29, 0.717) is 5.69 Å². The summed E-state index contributed by atoms with van der Waals surface area (Å²) in [6, 6.07) is 13.2. The van der Waals surface area contributed by atoms with Crippen molar-refractivity contribution in [2.75, 3.05) is 5.32 Å². The topological polar surface area (TPSA) is 119 Å². The van der Waals surface area contributed by atoms with Crippen molar-refractivity contribution in [2.24, 2.45) is 5.73 Å². The SMILES string of the molecule is Cc1cccc(-n2ncc3ccc(NC(=O)C(OC(N)=O)C(C)O)cc32)c1. The van der Waals surface area contributed by atoms with Gasteiger partial charge in [-0.15, -0.1) is 0 Å². The van der Waals surface area contributed by atoms with Gasteiger partial charge in [0.15, 0.2) is 0 Å². The molecule has 0 saturated carbocycles. The number of nitrogens with zero attached hydrogens (tertiary/aromatic N) is 2. The summed E-state index contributed by atoms with van der Waals surface area (Å²) in [4.78, 5) is 23.3. The highest BCUT2D eigenvalue weighted by Gasteiger charge is 2.27. The van der Waals surface area contributed by atoms with E-state index in [9.17, 15) is 14.7 Å². The van der Waals surface area contributed by atoms with Crippen LogP contribution in [0.1, 0.15) is 12.5 Å². The summed E-state index contributed by atoms with van der Waals surface area (Å²) >= 11 is 0. The number of nitrogens with two attached hydrogens (primary N) is 1. The van der Waals surface area contributed by atoms with Gasteiger partial charge in [-0.1, -0.05) is 12.1 Å². The minimum atomic E-state index is -1.40. The van der Waals surface area contributed by atoms with Gasteiger partial charge >= 0.3 is 6.09 Å². The van der Waals surface area contributed by atoms with Gasteiger partial charge < -0.3 is 20.9 Å². The molecule has 2 amide bonds. The first kappa shape index (κ1) is 18.4. The molecule has 27 heavy (non-hydrogen) atoms. The fourth-order valence-electron chi connectivity index (χ4n) is 2.77. The van der Waals surface area contributed by atoms with Gasteiger partial charge in [-0.3, -0.25) is 4.79 Å². The van der Waals surface area contributed by atoms with E-state index in [1.807, 2.05) is 37.3 Å². The van der Waals surface area contributed by atoms with Gasteiger partial charge in [-0.25, -0.2) is 9.48 Å². The van der Waals surface area contributed by atoms with Crippen molar-refractivity contribution in [2.45, 2.75) is 26.1 Å². The zero-order valence-corrected chi connectivity index (χ0v) is 14.9. The Kier molecular flexibility index (Phi) is 5.09. The van der Waals surface area contributed by atoms with Gasteiger partial charge in [0.05, 0.1) is 23.5 Å². The highest BCUT2D eigenvalue weighted by molar-refractivity contribution is 5.97. The molecule has 0 bridgehead atoms. The van der Waals surface area contributed by atoms with E-state index in [0.717, 1.165) is 22.2 Å². The molecule has 1 aromatic heterocycles. The molecule has 1 heterocycles. The molecule has 0 spiro atoms. The van der Waals surface area contributed by atoms with Crippen molar-refractivity contribution in [1.82, 2.24) is 9.78 Å². The number of ether oxygens (including phenoxy) is 1. The number of primary amides is 1. The first-order valence-electron chi connectivity index (χ1n) is 8.35. The number of aryl methyl sites for hydroxylation is 1. The van der Waals surface area contributed by atoms with Crippen LogP contribution in [0.5, 0.6) is 0 Å². The molecule has 8 nitrogen and oxygen atoms in total. The lowest BCUT2D eigenvalue weighted by Crippen LogP contribution is -2.41. The van der Waals surface area contributed by atoms with Gasteiger partial charge in [0.25, 0.3) is 5.91 Å². The first-order valence-corrected chi connectivity index (χ1v) is 8.35. The zero-order valence-electron chi connectivity index (χ0n) is 14.9. The Labute approximate surface area is 155 Å². The molecular weight excluding hydrogens is 348 g/mol. The molecule has 4 N–H and O–H groups in total. The molecule has 0 saturated heterocycles. The molecule has 0 radical (unpaired) electrons. The number of amides is 2. The van der Waals surface area contributed by atoms with E-state index in [1.165, 1.54) is 6.92 Å². The Morgan fingerprint density at radius 2 is 2.04 bits per heavy atom. The number of carbonyl (C=O) groups is 2. The number of anilines is 1. The highest BCUT2D eigenvalue weighted by Crippen LogP contribution is 2.23. The van der Waals surface area contributed by atoms with E-state index in [1.54, 1.807) is 23.0 Å². The molecule has 0 aliphatic heterocycles. The molecule has 8 heteroatoms. The number of rotatable bonds is 5. The number of hydrogen-bond acceptors (Lipinski definition) is 5. The number of aliphatic hydroxyl groups is 1. The number of fused-ring (bicyclic) bond motifs is 1. The van der Waals surface area contributed by atoms with E-state index in [-0.39, 0.29) is 0 Å². The summed E-state index contributed by atoms with van der Waals surface area (Å²) in [5.74, 6) is -0.676. The lowest BCUT2D eigenvalue weighted by atomic mass is 10.2. The summed E-state index contributed by atoms with van der Waals surface area (Å²) in [7, 11) is 0. The molecule has 140 valence electrons. The van der Waals surface area contributed by atoms with Crippen molar-refractivity contribution in [3.63, 3.8) is 0 Å². The molecule has 0 aliphatic carbocycles. The van der Waals surface area contributed by atoms with E-state index in [2.05, 4.69) is 15.2 Å². The fourth-order valence-corrected chi connectivity index (χ4v) is 2.77. The predicted molar refractivity (Wildman–Crippen MR) is 101 cm³/mol. The Balaban J connectivity index is 1.91. The number of aromatic nitrogens is 2. The molecule has 0 fully saturated rings. The van der Waals surface area contributed by atoms with Crippen molar-refractivity contribution in [1.29, 1.82) is 0 Å². The summed E-state index contributed by atoms with van der Waals surface area (Å²) < 4.78 is 6.45. The third kappa shape index (κ3) is 4.06. The zero-order chi connectivity index (χ0) is 19.6. The van der Waals surface area contributed by atoms with E-state index in [4.69, 9.17) is 5.73 Å². The van der Waals surface area contributed by atoms with Crippen LogP contribution in [0.15, 0.2) is 48.7 Å². The van der Waals surface area contributed by atoms with E-state index >= 15 is 0 Å². The lowest BCUT2D eigenvalue weighted by Gasteiger charge is -2.18. The maximum absolute atomic E-state index is 12.3. The van der Waals surface area contributed by atoms with Crippen LogP contribution in [0.3, 0.4) is 0 Å². The summed E-state index contributed by atoms with van der Waals surface area (Å²) in [5, 5.41) is 17.6. The summed E-state index contributed by atoms with van der Waals surface area (Å²) in [6.45, 7) is 3.33. The third-order valence-corrected chi connectivity index (χ3v) is 4.02. The second-order valence-corrected chi connectivity index (χ2v) is 6.26. The van der Waals surface area contributed by atoms with Crippen molar-refractivity contribution in [3.05, 3.63) is 54.2 Å². The first-order chi connectivity index (χ1) is 12.8. The van der Waals surface area contributed by atoms with Crippen LogP contribution in [0, 0.1) is 6.92 Å². The molecular formula is C19H20N4O4. The summed E-state index contributed by atoms with van der Waals surface area (Å²) in [5.41, 5.74) is 8.22. The van der Waals surface area contributed by atoms with Crippen LogP contribution in [0.25, 0.3) is 16.6 Å². The molecule has 2 unspecified atom stereocenters. The van der Waals surface area contributed by atoms with Gasteiger partial charge in [0.2, 0.25) is 6.10 Å². The largest absolute Gasteiger partial charge is 0.433 e. The van der Waals surface area contributed by atoms with Crippen LogP contribution in [0.4, 0.5) is 10.5 Å². The van der Waals surface area contributed by atoms with Crippen LogP contribution >= 0.6 is 0 Å². The number of benzene rings is 2. The van der Waals surface area contributed by atoms with Crippen LogP contribution in [0.2, 0.25) is 0 Å². The van der Waals surface area contributed by atoms with Crippen LogP contribution < -0.4 is 11.1 Å². The Morgan fingerprint density at radius 3 is 2.70 bits per heavy atom. The van der Waals surface area contributed by atoms with Gasteiger partial charge in [-0.2, -0.15) is 5.10 Å². The minimum Gasteiger partial charge on any atom is -0.433 e. The molecule has 2 aromatic carbocycles. The number of nitrogens with one attached hydrogen (secondary N) is 1. The maximum atomic E-state index is 12.3. The number of hydrogen-bond donors (Lipinski definition) is 3. The summed E-state index contributed by atoms with van der Waals surface area (Å²) in [6.07, 6.45) is -2.01. The molecule has 0 aliphatic rings. The lowest BCUT2D eigenvalue weighted by molar-refractivity contribution is -0.129. The number of aliphatic hydroxyl groups excluding tert-OH is 1. The smallest absolute Gasteiger partial charge is 0.405 e. The average molecular weight is 368 g/mol. The van der Waals surface area contributed by atoms with Gasteiger partial charge in [0, 0.05) is 11.1 Å². The third-order valence-electron chi connectivity index (χ3n) is 4.02. The van der Waals surface area contributed by atoms with Gasteiger partial charge in [-0.05, 0) is 49.7 Å². The average Bonchev–Trinajstić information content (AvgIpc) is 3.02. The Morgan fingerprint density at radius 1 is 1.26 bits per heavy atom. The van der Waals surface area contributed by atoms with E-state index < -0.39 is 24.2 Å². The Bertz CT molecular complexity index is 996. The van der Waals surface area contributed by atoms with Crippen LogP contribution in [-0.2, 0) is 9.53 Å². The van der Waals surface area contributed by atoms with Crippen molar-refractivity contribution < 1.29 is 19.4 Å². The quantitative estimate of drug-likeness (QED) is 0.637. The Hall–Kier alpha value is -3.39. The predicted octanol–water partition coefficient (Wildman–Crippen LogP) is 2.12. The molecule has 3 rings (SSSR count). The minimum absolute atomic E-state index is 0.473.